The van der Waals surface area contributed by atoms with Gasteiger partial charge in [-0.05, 0) is 65.2 Å². The van der Waals surface area contributed by atoms with Gasteiger partial charge >= 0.3 is 0 Å². The van der Waals surface area contributed by atoms with Crippen molar-refractivity contribution < 1.29 is 19.4 Å². The van der Waals surface area contributed by atoms with Gasteiger partial charge in [0.15, 0.2) is 0 Å². The molecule has 0 aliphatic carbocycles. The second-order valence-electron chi connectivity index (χ2n) is 9.17. The number of carbonyl (C=O) groups is 2. The number of ketones is 1. The Balaban J connectivity index is 1.60. The SMILES string of the molecule is CC1Cc2cc(/C(O)=C3/C(=O)C(=O)N(c4cccc(Cl)c4)C3c3cccc4ccccc34)ccc2O1. The average Bonchev–Trinajstić information content (AvgIpc) is 3.38. The topological polar surface area (TPSA) is 66.8 Å². The summed E-state index contributed by atoms with van der Waals surface area (Å²) in [6, 6.07) is 24.9. The number of carbonyl (C=O) groups excluding carboxylic acids is 2. The first-order valence-corrected chi connectivity index (χ1v) is 12.1. The minimum absolute atomic E-state index is 0.0430. The van der Waals surface area contributed by atoms with E-state index in [0.29, 0.717) is 22.7 Å². The van der Waals surface area contributed by atoms with Crippen LogP contribution in [0.3, 0.4) is 0 Å². The molecule has 0 saturated carbocycles. The van der Waals surface area contributed by atoms with E-state index < -0.39 is 17.7 Å². The molecular formula is C30H22ClNO4. The second kappa shape index (κ2) is 8.54. The maximum atomic E-state index is 13.5. The number of rotatable bonds is 3. The molecule has 0 bridgehead atoms. The molecule has 2 aliphatic heterocycles. The lowest BCUT2D eigenvalue weighted by molar-refractivity contribution is -0.132. The Kier molecular flexibility index (Phi) is 5.31. The number of halogens is 1. The third-order valence-electron chi connectivity index (χ3n) is 6.82. The van der Waals surface area contributed by atoms with E-state index in [1.165, 1.54) is 4.90 Å². The lowest BCUT2D eigenvalue weighted by Crippen LogP contribution is -2.29. The van der Waals surface area contributed by atoms with Crippen molar-refractivity contribution in [3.8, 4) is 5.75 Å². The highest BCUT2D eigenvalue weighted by Crippen LogP contribution is 2.45. The minimum atomic E-state index is -0.835. The molecule has 2 aliphatic rings. The zero-order valence-corrected chi connectivity index (χ0v) is 20.2. The number of fused-ring (bicyclic) bond motifs is 2. The van der Waals surface area contributed by atoms with Crippen molar-refractivity contribution in [3.63, 3.8) is 0 Å². The summed E-state index contributed by atoms with van der Waals surface area (Å²) in [5, 5.41) is 13.8. The van der Waals surface area contributed by atoms with Gasteiger partial charge in [-0.3, -0.25) is 14.5 Å². The summed E-state index contributed by atoms with van der Waals surface area (Å²) >= 11 is 6.26. The Hall–Kier alpha value is -4.09. The number of nitrogens with zero attached hydrogens (tertiary/aromatic N) is 1. The molecule has 2 unspecified atom stereocenters. The predicted octanol–water partition coefficient (Wildman–Crippen LogP) is 6.44. The first kappa shape index (κ1) is 22.4. The first-order valence-electron chi connectivity index (χ1n) is 11.8. The Labute approximate surface area is 213 Å². The van der Waals surface area contributed by atoms with E-state index in [9.17, 15) is 14.7 Å². The van der Waals surface area contributed by atoms with Gasteiger partial charge in [-0.25, -0.2) is 0 Å². The summed E-state index contributed by atoms with van der Waals surface area (Å²) < 4.78 is 5.79. The van der Waals surface area contributed by atoms with Gasteiger partial charge in [0.1, 0.15) is 17.6 Å². The summed E-state index contributed by atoms with van der Waals surface area (Å²) in [5.41, 5.74) is 2.70. The third kappa shape index (κ3) is 3.55. The summed E-state index contributed by atoms with van der Waals surface area (Å²) in [6.07, 6.45) is 0.751. The maximum Gasteiger partial charge on any atom is 0.300 e. The van der Waals surface area contributed by atoms with Gasteiger partial charge in [-0.1, -0.05) is 60.1 Å². The number of amides is 1. The molecule has 6 rings (SSSR count). The second-order valence-corrected chi connectivity index (χ2v) is 9.61. The normalized spacial score (nSPS) is 20.6. The van der Waals surface area contributed by atoms with E-state index in [2.05, 4.69) is 0 Å². The maximum absolute atomic E-state index is 13.5. The van der Waals surface area contributed by atoms with Crippen molar-refractivity contribution in [2.45, 2.75) is 25.5 Å². The highest BCUT2D eigenvalue weighted by Gasteiger charge is 2.47. The fourth-order valence-electron chi connectivity index (χ4n) is 5.23. The highest BCUT2D eigenvalue weighted by molar-refractivity contribution is 6.52. The molecule has 0 spiro atoms. The van der Waals surface area contributed by atoms with Gasteiger partial charge in [-0.2, -0.15) is 0 Å². The van der Waals surface area contributed by atoms with Gasteiger partial charge in [0, 0.05) is 22.7 Å². The molecule has 1 N–H and O–H groups in total. The van der Waals surface area contributed by atoms with E-state index in [-0.39, 0.29) is 17.4 Å². The van der Waals surface area contributed by atoms with Crippen LogP contribution in [-0.4, -0.2) is 22.9 Å². The van der Waals surface area contributed by atoms with Crippen molar-refractivity contribution in [3.05, 3.63) is 112 Å². The summed E-state index contributed by atoms with van der Waals surface area (Å²) in [7, 11) is 0. The molecular weight excluding hydrogens is 474 g/mol. The summed E-state index contributed by atoms with van der Waals surface area (Å²) in [5.74, 6) is -0.896. The van der Waals surface area contributed by atoms with Crippen LogP contribution in [0.2, 0.25) is 5.02 Å². The number of hydrogen-bond donors (Lipinski definition) is 1. The van der Waals surface area contributed by atoms with Crippen LogP contribution in [0, 0.1) is 0 Å². The van der Waals surface area contributed by atoms with Gasteiger partial charge in [0.2, 0.25) is 0 Å². The largest absolute Gasteiger partial charge is 0.507 e. The molecule has 2 heterocycles. The van der Waals surface area contributed by atoms with E-state index in [4.69, 9.17) is 16.3 Å². The number of benzene rings is 4. The van der Waals surface area contributed by atoms with Crippen LogP contribution >= 0.6 is 11.6 Å². The summed E-state index contributed by atoms with van der Waals surface area (Å²) in [6.45, 7) is 1.98. The fourth-order valence-corrected chi connectivity index (χ4v) is 5.42. The zero-order chi connectivity index (χ0) is 25.0. The number of aliphatic hydroxyl groups excluding tert-OH is 1. The molecule has 2 atom stereocenters. The number of anilines is 1. The molecule has 1 saturated heterocycles. The Bertz CT molecular complexity index is 1590. The Morgan fingerprint density at radius 1 is 0.972 bits per heavy atom. The van der Waals surface area contributed by atoms with Crippen LogP contribution in [0.4, 0.5) is 5.69 Å². The lowest BCUT2D eigenvalue weighted by atomic mass is 9.91. The van der Waals surface area contributed by atoms with E-state index >= 15 is 0 Å². The van der Waals surface area contributed by atoms with E-state index in [1.807, 2.05) is 55.5 Å². The number of aliphatic hydroxyl groups is 1. The molecule has 36 heavy (non-hydrogen) atoms. The number of hydrogen-bond acceptors (Lipinski definition) is 4. The van der Waals surface area contributed by atoms with Crippen molar-refractivity contribution >= 4 is 45.5 Å². The van der Waals surface area contributed by atoms with Crippen LogP contribution in [0.5, 0.6) is 5.75 Å². The minimum Gasteiger partial charge on any atom is -0.507 e. The monoisotopic (exact) mass is 495 g/mol. The van der Waals surface area contributed by atoms with Crippen LogP contribution in [0.1, 0.15) is 29.7 Å². The third-order valence-corrected chi connectivity index (χ3v) is 7.05. The number of ether oxygens (including phenoxy) is 1. The van der Waals surface area contributed by atoms with Crippen molar-refractivity contribution in [2.24, 2.45) is 0 Å². The van der Waals surface area contributed by atoms with Crippen LogP contribution in [-0.2, 0) is 16.0 Å². The smallest absolute Gasteiger partial charge is 0.300 e. The van der Waals surface area contributed by atoms with Crippen molar-refractivity contribution in [1.82, 2.24) is 0 Å². The number of Topliss-reactive ketones (excluding diaryl/α,β-unsaturated/α-hetero) is 1. The molecule has 4 aromatic carbocycles. The lowest BCUT2D eigenvalue weighted by Gasteiger charge is -2.26. The van der Waals surface area contributed by atoms with Crippen LogP contribution in [0.15, 0.2) is 90.5 Å². The van der Waals surface area contributed by atoms with Crippen LogP contribution in [0.25, 0.3) is 16.5 Å². The van der Waals surface area contributed by atoms with Gasteiger partial charge in [-0.15, -0.1) is 0 Å². The van der Waals surface area contributed by atoms with Gasteiger partial charge < -0.3 is 9.84 Å². The molecule has 1 fully saturated rings. The summed E-state index contributed by atoms with van der Waals surface area (Å²) in [4.78, 5) is 28.4. The molecule has 6 heteroatoms. The Morgan fingerprint density at radius 3 is 2.58 bits per heavy atom. The fraction of sp³-hybridized carbons (Fsp3) is 0.133. The Morgan fingerprint density at radius 2 is 1.75 bits per heavy atom. The van der Waals surface area contributed by atoms with Gasteiger partial charge in [0.25, 0.3) is 11.7 Å². The van der Waals surface area contributed by atoms with E-state index in [1.54, 1.807) is 36.4 Å². The van der Waals surface area contributed by atoms with Crippen molar-refractivity contribution in [2.75, 3.05) is 4.90 Å². The van der Waals surface area contributed by atoms with Crippen molar-refractivity contribution in [1.29, 1.82) is 0 Å². The van der Waals surface area contributed by atoms with E-state index in [0.717, 1.165) is 27.6 Å². The highest BCUT2D eigenvalue weighted by atomic mass is 35.5. The zero-order valence-electron chi connectivity index (χ0n) is 19.4. The average molecular weight is 496 g/mol. The van der Waals surface area contributed by atoms with Crippen LogP contribution < -0.4 is 9.64 Å². The molecule has 178 valence electrons. The molecule has 0 aromatic heterocycles. The molecule has 0 radical (unpaired) electrons. The first-order chi connectivity index (χ1) is 17.4. The predicted molar refractivity (Wildman–Crippen MR) is 140 cm³/mol. The molecule has 1 amide bonds. The molecule has 5 nitrogen and oxygen atoms in total. The molecule has 4 aromatic rings. The van der Waals surface area contributed by atoms with Gasteiger partial charge in [0.05, 0.1) is 11.6 Å². The quantitative estimate of drug-likeness (QED) is 0.202. The standard InChI is InChI=1S/C30H22ClNO4/c1-17-14-20-15-19(12-13-25(20)36-17)28(33)26-27(24-11-4-7-18-6-2-3-10-23(18)24)32(30(35)29(26)34)22-9-5-8-21(31)16-22/h2-13,15-17,27,33H,14H2,1H3/b28-26-.